The van der Waals surface area contributed by atoms with Crippen molar-refractivity contribution in [2.24, 2.45) is 0 Å². The second kappa shape index (κ2) is 9.73. The van der Waals surface area contributed by atoms with Gasteiger partial charge in [0.15, 0.2) is 0 Å². The molecule has 2 heterocycles. The summed E-state index contributed by atoms with van der Waals surface area (Å²) in [6, 6.07) is 15.1. The van der Waals surface area contributed by atoms with E-state index in [2.05, 4.69) is 22.5 Å². The van der Waals surface area contributed by atoms with Crippen LogP contribution in [0.4, 0.5) is 10.5 Å². The van der Waals surface area contributed by atoms with Gasteiger partial charge in [-0.15, -0.1) is 11.3 Å². The number of nitrogens with zero attached hydrogens (tertiary/aromatic N) is 1. The van der Waals surface area contributed by atoms with Gasteiger partial charge in [-0.3, -0.25) is 4.98 Å². The third kappa shape index (κ3) is 5.82. The van der Waals surface area contributed by atoms with E-state index in [-0.39, 0.29) is 6.03 Å². The molecule has 2 amide bonds. The summed E-state index contributed by atoms with van der Waals surface area (Å²) < 4.78 is 5.62. The lowest BCUT2D eigenvalue weighted by atomic mass is 10.2. The number of unbranched alkanes of at least 4 members (excludes halogenated alkanes) is 1. The SMILES string of the molecule is CCCCOc1ccc(NC(=O)NCc2ccnc(-c3cccs3)c2)cc1. The number of benzene rings is 1. The maximum Gasteiger partial charge on any atom is 0.319 e. The molecule has 0 aliphatic rings. The first-order valence-electron chi connectivity index (χ1n) is 9.01. The van der Waals surface area contributed by atoms with Gasteiger partial charge < -0.3 is 15.4 Å². The number of carbonyl (C=O) groups excluding carboxylic acids is 1. The Morgan fingerprint density at radius 1 is 1.19 bits per heavy atom. The molecule has 140 valence electrons. The molecule has 0 aliphatic heterocycles. The monoisotopic (exact) mass is 381 g/mol. The fraction of sp³-hybridized carbons (Fsp3) is 0.238. The van der Waals surface area contributed by atoms with Gasteiger partial charge in [-0.25, -0.2) is 4.79 Å². The van der Waals surface area contributed by atoms with Crippen LogP contribution < -0.4 is 15.4 Å². The smallest absolute Gasteiger partial charge is 0.319 e. The molecule has 3 rings (SSSR count). The van der Waals surface area contributed by atoms with Gasteiger partial charge in [-0.1, -0.05) is 19.4 Å². The number of carbonyl (C=O) groups is 1. The van der Waals surface area contributed by atoms with Gasteiger partial charge in [0.1, 0.15) is 5.75 Å². The number of nitrogens with one attached hydrogen (secondary N) is 2. The highest BCUT2D eigenvalue weighted by Gasteiger charge is 2.05. The number of pyridine rings is 1. The first kappa shape index (κ1) is 18.9. The van der Waals surface area contributed by atoms with Crippen LogP contribution in [0.1, 0.15) is 25.3 Å². The number of rotatable bonds is 8. The van der Waals surface area contributed by atoms with E-state index in [1.165, 1.54) is 0 Å². The molecule has 0 atom stereocenters. The Balaban J connectivity index is 1.49. The molecule has 2 aromatic heterocycles. The molecule has 0 saturated heterocycles. The van der Waals surface area contributed by atoms with Crippen molar-refractivity contribution in [1.29, 1.82) is 0 Å². The summed E-state index contributed by atoms with van der Waals surface area (Å²) in [7, 11) is 0. The van der Waals surface area contributed by atoms with E-state index >= 15 is 0 Å². The Kier molecular flexibility index (Phi) is 6.82. The number of amides is 2. The average molecular weight is 382 g/mol. The van der Waals surface area contributed by atoms with E-state index < -0.39 is 0 Å². The zero-order valence-corrected chi connectivity index (χ0v) is 16.1. The molecule has 27 heavy (non-hydrogen) atoms. The molecule has 0 bridgehead atoms. The van der Waals surface area contributed by atoms with E-state index in [9.17, 15) is 4.79 Å². The van der Waals surface area contributed by atoms with E-state index in [0.29, 0.717) is 13.2 Å². The van der Waals surface area contributed by atoms with E-state index in [1.807, 2.05) is 53.9 Å². The Hall–Kier alpha value is -2.86. The molecule has 5 nitrogen and oxygen atoms in total. The van der Waals surface area contributed by atoms with Crippen molar-refractivity contribution in [2.45, 2.75) is 26.3 Å². The van der Waals surface area contributed by atoms with Crippen LogP contribution in [-0.2, 0) is 6.54 Å². The van der Waals surface area contributed by atoms with E-state index in [4.69, 9.17) is 4.74 Å². The molecule has 0 radical (unpaired) electrons. The topological polar surface area (TPSA) is 63.2 Å². The highest BCUT2D eigenvalue weighted by molar-refractivity contribution is 7.13. The predicted molar refractivity (Wildman–Crippen MR) is 110 cm³/mol. The lowest BCUT2D eigenvalue weighted by Gasteiger charge is -2.10. The fourth-order valence-corrected chi connectivity index (χ4v) is 3.16. The first-order valence-corrected chi connectivity index (χ1v) is 9.89. The Bertz CT molecular complexity index is 848. The molecule has 0 saturated carbocycles. The molecule has 3 aromatic rings. The third-order valence-corrected chi connectivity index (χ3v) is 4.82. The van der Waals surface area contributed by atoms with Crippen LogP contribution in [0.3, 0.4) is 0 Å². The summed E-state index contributed by atoms with van der Waals surface area (Å²) in [5.41, 5.74) is 2.65. The highest BCUT2D eigenvalue weighted by atomic mass is 32.1. The van der Waals surface area contributed by atoms with Gasteiger partial charge >= 0.3 is 6.03 Å². The van der Waals surface area contributed by atoms with Crippen LogP contribution in [0, 0.1) is 0 Å². The molecule has 2 N–H and O–H groups in total. The third-order valence-electron chi connectivity index (χ3n) is 3.93. The van der Waals surface area contributed by atoms with Gasteiger partial charge in [-0.05, 0) is 59.8 Å². The minimum absolute atomic E-state index is 0.246. The van der Waals surface area contributed by atoms with Gasteiger partial charge in [-0.2, -0.15) is 0 Å². The molecular weight excluding hydrogens is 358 g/mol. The molecule has 0 aliphatic carbocycles. The molecule has 0 fully saturated rings. The Labute approximate surface area is 163 Å². The summed E-state index contributed by atoms with van der Waals surface area (Å²) in [6.45, 7) is 3.28. The van der Waals surface area contributed by atoms with E-state index in [1.54, 1.807) is 17.5 Å². The maximum absolute atomic E-state index is 12.1. The minimum atomic E-state index is -0.246. The van der Waals surface area contributed by atoms with Crippen molar-refractivity contribution in [3.8, 4) is 16.3 Å². The Morgan fingerprint density at radius 2 is 2.04 bits per heavy atom. The molecule has 0 unspecified atom stereocenters. The molecule has 1 aromatic carbocycles. The largest absolute Gasteiger partial charge is 0.494 e. The van der Waals surface area contributed by atoms with Crippen molar-refractivity contribution in [1.82, 2.24) is 10.3 Å². The van der Waals surface area contributed by atoms with Crippen molar-refractivity contribution in [2.75, 3.05) is 11.9 Å². The Morgan fingerprint density at radius 3 is 2.78 bits per heavy atom. The number of hydrogen-bond donors (Lipinski definition) is 2. The standard InChI is InChI=1S/C21H23N3O2S/c1-2-3-12-26-18-8-6-17(7-9-18)24-21(25)23-15-16-10-11-22-19(14-16)20-5-4-13-27-20/h4-11,13-14H,2-3,12,15H2,1H3,(H2,23,24,25). The van der Waals surface area contributed by atoms with Crippen LogP contribution >= 0.6 is 11.3 Å². The fourth-order valence-electron chi connectivity index (χ4n) is 2.47. The van der Waals surface area contributed by atoms with Gasteiger partial charge in [0.2, 0.25) is 0 Å². The highest BCUT2D eigenvalue weighted by Crippen LogP contribution is 2.23. The minimum Gasteiger partial charge on any atom is -0.494 e. The zero-order valence-electron chi connectivity index (χ0n) is 15.3. The lowest BCUT2D eigenvalue weighted by molar-refractivity contribution is 0.251. The van der Waals surface area contributed by atoms with Crippen molar-refractivity contribution < 1.29 is 9.53 Å². The van der Waals surface area contributed by atoms with Crippen LogP contribution in [0.25, 0.3) is 10.6 Å². The number of thiophene rings is 1. The normalized spacial score (nSPS) is 10.4. The second-order valence-electron chi connectivity index (χ2n) is 6.06. The van der Waals surface area contributed by atoms with Gasteiger partial charge in [0.25, 0.3) is 0 Å². The number of anilines is 1. The lowest BCUT2D eigenvalue weighted by Crippen LogP contribution is -2.28. The maximum atomic E-state index is 12.1. The van der Waals surface area contributed by atoms with Crippen LogP contribution in [0.2, 0.25) is 0 Å². The summed E-state index contributed by atoms with van der Waals surface area (Å²) in [5.74, 6) is 0.812. The first-order chi connectivity index (χ1) is 13.2. The van der Waals surface area contributed by atoms with Crippen molar-refractivity contribution >= 4 is 23.1 Å². The van der Waals surface area contributed by atoms with Crippen LogP contribution in [-0.4, -0.2) is 17.6 Å². The summed E-state index contributed by atoms with van der Waals surface area (Å²) in [5, 5.41) is 7.72. The number of aromatic nitrogens is 1. The molecule has 6 heteroatoms. The average Bonchev–Trinajstić information content (AvgIpc) is 3.23. The number of ether oxygens (including phenoxy) is 1. The van der Waals surface area contributed by atoms with Gasteiger partial charge in [0, 0.05) is 18.4 Å². The quantitative estimate of drug-likeness (QED) is 0.520. The van der Waals surface area contributed by atoms with Crippen LogP contribution in [0.15, 0.2) is 60.1 Å². The summed E-state index contributed by atoms with van der Waals surface area (Å²) in [6.07, 6.45) is 3.90. The number of urea groups is 1. The van der Waals surface area contributed by atoms with Crippen molar-refractivity contribution in [3.05, 3.63) is 65.7 Å². The summed E-state index contributed by atoms with van der Waals surface area (Å²) in [4.78, 5) is 17.6. The molecule has 0 spiro atoms. The molecular formula is C21H23N3O2S. The second-order valence-corrected chi connectivity index (χ2v) is 7.01. The predicted octanol–water partition coefficient (Wildman–Crippen LogP) is 5.31. The summed E-state index contributed by atoms with van der Waals surface area (Å²) >= 11 is 1.65. The van der Waals surface area contributed by atoms with Crippen molar-refractivity contribution in [3.63, 3.8) is 0 Å². The number of hydrogen-bond acceptors (Lipinski definition) is 4. The van der Waals surface area contributed by atoms with Gasteiger partial charge in [0.05, 0.1) is 17.2 Å². The van der Waals surface area contributed by atoms with E-state index in [0.717, 1.165) is 40.4 Å². The zero-order chi connectivity index (χ0) is 18.9. The van der Waals surface area contributed by atoms with Crippen LogP contribution in [0.5, 0.6) is 5.75 Å².